The summed E-state index contributed by atoms with van der Waals surface area (Å²) in [6, 6.07) is 13.4. The highest BCUT2D eigenvalue weighted by molar-refractivity contribution is 7.98. The summed E-state index contributed by atoms with van der Waals surface area (Å²) in [4.78, 5) is 24.3. The van der Waals surface area contributed by atoms with Gasteiger partial charge in [-0.3, -0.25) is 9.36 Å². The molecule has 7 heteroatoms. The van der Waals surface area contributed by atoms with E-state index in [-0.39, 0.29) is 5.56 Å². The fourth-order valence-electron chi connectivity index (χ4n) is 2.89. The summed E-state index contributed by atoms with van der Waals surface area (Å²) >= 11 is 1.52. The van der Waals surface area contributed by atoms with Crippen LogP contribution in [0.2, 0.25) is 0 Å². The van der Waals surface area contributed by atoms with E-state index < -0.39 is 0 Å². The first-order valence-electron chi connectivity index (χ1n) is 8.45. The van der Waals surface area contributed by atoms with E-state index in [9.17, 15) is 4.79 Å². The van der Waals surface area contributed by atoms with Crippen molar-refractivity contribution in [2.75, 3.05) is 7.11 Å². The van der Waals surface area contributed by atoms with Crippen LogP contribution in [0.4, 0.5) is 0 Å². The van der Waals surface area contributed by atoms with Crippen LogP contribution >= 0.6 is 11.8 Å². The number of H-pyrrole nitrogens is 1. The molecule has 0 unspecified atom stereocenters. The highest BCUT2D eigenvalue weighted by Gasteiger charge is 2.10. The molecule has 27 heavy (non-hydrogen) atoms. The molecule has 0 amide bonds. The predicted molar refractivity (Wildman–Crippen MR) is 107 cm³/mol. The number of ether oxygens (including phenoxy) is 1. The van der Waals surface area contributed by atoms with Gasteiger partial charge in [0.1, 0.15) is 11.6 Å². The summed E-state index contributed by atoms with van der Waals surface area (Å²) in [6.07, 6.45) is 3.66. The van der Waals surface area contributed by atoms with Gasteiger partial charge in [-0.15, -0.1) is 0 Å². The zero-order valence-corrected chi connectivity index (χ0v) is 15.8. The minimum absolute atomic E-state index is 0.113. The second-order valence-corrected chi connectivity index (χ2v) is 6.99. The summed E-state index contributed by atoms with van der Waals surface area (Å²) in [6.45, 7) is 1.96. The summed E-state index contributed by atoms with van der Waals surface area (Å²) in [5.41, 5.74) is 2.62. The molecular formula is C20H18N4O2S. The Morgan fingerprint density at radius 3 is 2.78 bits per heavy atom. The van der Waals surface area contributed by atoms with Gasteiger partial charge in [-0.05, 0) is 42.8 Å². The number of fused-ring (bicyclic) bond motifs is 1. The number of aryl methyl sites for hydroxylation is 1. The number of nitrogens with zero attached hydrogens (tertiary/aromatic N) is 3. The molecule has 2 aromatic heterocycles. The van der Waals surface area contributed by atoms with E-state index in [4.69, 9.17) is 4.74 Å². The molecule has 0 radical (unpaired) electrons. The third kappa shape index (κ3) is 3.46. The summed E-state index contributed by atoms with van der Waals surface area (Å²) in [5.74, 6) is 1.96. The molecule has 0 aliphatic heterocycles. The number of hydrogen-bond acceptors (Lipinski definition) is 5. The molecule has 0 spiro atoms. The fraction of sp³-hybridized carbons (Fsp3) is 0.150. The van der Waals surface area contributed by atoms with Crippen molar-refractivity contribution in [3.63, 3.8) is 0 Å². The van der Waals surface area contributed by atoms with Gasteiger partial charge in [0.05, 0.1) is 23.8 Å². The number of rotatable bonds is 5. The van der Waals surface area contributed by atoms with E-state index in [1.807, 2.05) is 54.1 Å². The highest BCUT2D eigenvalue weighted by Crippen LogP contribution is 2.24. The number of para-hydroxylation sites is 1. The third-order valence-corrected chi connectivity index (χ3v) is 5.26. The normalized spacial score (nSPS) is 11.0. The minimum atomic E-state index is -0.113. The predicted octanol–water partition coefficient (Wildman–Crippen LogP) is 3.72. The van der Waals surface area contributed by atoms with Crippen molar-refractivity contribution in [2.45, 2.75) is 17.8 Å². The maximum Gasteiger partial charge on any atom is 0.258 e. The molecule has 0 bridgehead atoms. The molecule has 6 nitrogen and oxygen atoms in total. The van der Waals surface area contributed by atoms with E-state index in [0.29, 0.717) is 17.0 Å². The van der Waals surface area contributed by atoms with Crippen LogP contribution in [0.25, 0.3) is 16.6 Å². The number of nitrogens with one attached hydrogen (secondary N) is 1. The van der Waals surface area contributed by atoms with Gasteiger partial charge >= 0.3 is 0 Å². The number of thioether (sulfide) groups is 1. The molecule has 0 saturated carbocycles. The fourth-order valence-corrected chi connectivity index (χ4v) is 3.73. The Morgan fingerprint density at radius 2 is 2.00 bits per heavy atom. The van der Waals surface area contributed by atoms with Crippen molar-refractivity contribution in [1.82, 2.24) is 19.5 Å². The summed E-state index contributed by atoms with van der Waals surface area (Å²) in [7, 11) is 1.65. The number of aromatic amines is 1. The van der Waals surface area contributed by atoms with Gasteiger partial charge in [0.15, 0.2) is 5.16 Å². The van der Waals surface area contributed by atoms with Gasteiger partial charge in [0.2, 0.25) is 0 Å². The Kier molecular flexibility index (Phi) is 4.68. The Bertz CT molecular complexity index is 1150. The zero-order chi connectivity index (χ0) is 18.8. The smallest absolute Gasteiger partial charge is 0.258 e. The lowest BCUT2D eigenvalue weighted by molar-refractivity contribution is 0.414. The van der Waals surface area contributed by atoms with Crippen molar-refractivity contribution in [2.24, 2.45) is 0 Å². The van der Waals surface area contributed by atoms with E-state index in [2.05, 4.69) is 15.0 Å². The quantitative estimate of drug-likeness (QED) is 0.536. The molecule has 4 aromatic rings. The van der Waals surface area contributed by atoms with Crippen molar-refractivity contribution in [1.29, 1.82) is 0 Å². The number of imidazole rings is 1. The van der Waals surface area contributed by atoms with Crippen LogP contribution in [0.1, 0.15) is 11.4 Å². The molecule has 0 aliphatic rings. The van der Waals surface area contributed by atoms with Crippen molar-refractivity contribution in [3.8, 4) is 11.4 Å². The van der Waals surface area contributed by atoms with Crippen molar-refractivity contribution < 1.29 is 4.74 Å². The molecule has 0 aliphatic carbocycles. The van der Waals surface area contributed by atoms with Crippen LogP contribution < -0.4 is 10.3 Å². The molecule has 0 saturated heterocycles. The van der Waals surface area contributed by atoms with Crippen LogP contribution in [-0.4, -0.2) is 26.6 Å². The molecular weight excluding hydrogens is 360 g/mol. The van der Waals surface area contributed by atoms with Crippen molar-refractivity contribution in [3.05, 3.63) is 76.6 Å². The van der Waals surface area contributed by atoms with Gasteiger partial charge in [-0.2, -0.15) is 0 Å². The minimum Gasteiger partial charge on any atom is -0.497 e. The van der Waals surface area contributed by atoms with E-state index in [0.717, 1.165) is 27.7 Å². The van der Waals surface area contributed by atoms with Gasteiger partial charge in [-0.25, -0.2) is 9.97 Å². The van der Waals surface area contributed by atoms with Crippen LogP contribution in [-0.2, 0) is 5.75 Å². The lowest BCUT2D eigenvalue weighted by Gasteiger charge is -2.09. The Morgan fingerprint density at radius 1 is 1.19 bits per heavy atom. The standard InChI is InChI=1S/C20H18N4O2S/c1-13-4-3-5-16-18(13)22-17(23-19(16)25)12-27-20-21-10-11-24(20)14-6-8-15(26-2)9-7-14/h3-11H,12H2,1-2H3,(H,22,23,25). The number of hydrogen-bond donors (Lipinski definition) is 1. The average Bonchev–Trinajstić information content (AvgIpc) is 3.16. The van der Waals surface area contributed by atoms with Gasteiger partial charge in [-0.1, -0.05) is 23.9 Å². The first kappa shape index (κ1) is 17.4. The first-order chi connectivity index (χ1) is 13.2. The first-order valence-corrected chi connectivity index (χ1v) is 9.43. The van der Waals surface area contributed by atoms with Gasteiger partial charge in [0, 0.05) is 18.1 Å². The van der Waals surface area contributed by atoms with Crippen LogP contribution in [0.5, 0.6) is 5.75 Å². The topological polar surface area (TPSA) is 72.8 Å². The van der Waals surface area contributed by atoms with E-state index in [1.165, 1.54) is 11.8 Å². The van der Waals surface area contributed by atoms with Crippen LogP contribution in [0.15, 0.2) is 64.8 Å². The monoisotopic (exact) mass is 378 g/mol. The van der Waals surface area contributed by atoms with Crippen LogP contribution in [0.3, 0.4) is 0 Å². The third-order valence-electron chi connectivity index (χ3n) is 4.28. The average molecular weight is 378 g/mol. The molecule has 1 N–H and O–H groups in total. The maximum atomic E-state index is 12.3. The molecule has 136 valence electrons. The lowest BCUT2D eigenvalue weighted by atomic mass is 10.1. The second kappa shape index (κ2) is 7.28. The number of aromatic nitrogens is 4. The molecule has 2 aromatic carbocycles. The molecule has 4 rings (SSSR count). The van der Waals surface area contributed by atoms with E-state index in [1.54, 1.807) is 19.4 Å². The summed E-state index contributed by atoms with van der Waals surface area (Å²) < 4.78 is 7.20. The Labute approximate surface area is 160 Å². The zero-order valence-electron chi connectivity index (χ0n) is 15.0. The molecule has 2 heterocycles. The number of methoxy groups -OCH3 is 1. The lowest BCUT2D eigenvalue weighted by Crippen LogP contribution is -2.12. The Balaban J connectivity index is 1.60. The molecule has 0 atom stereocenters. The largest absolute Gasteiger partial charge is 0.497 e. The second-order valence-electron chi connectivity index (χ2n) is 6.05. The van der Waals surface area contributed by atoms with Gasteiger partial charge < -0.3 is 9.72 Å². The van der Waals surface area contributed by atoms with Gasteiger partial charge in [0.25, 0.3) is 5.56 Å². The molecule has 0 fully saturated rings. The summed E-state index contributed by atoms with van der Waals surface area (Å²) in [5, 5.41) is 1.44. The van der Waals surface area contributed by atoms with E-state index >= 15 is 0 Å². The maximum absolute atomic E-state index is 12.3. The Hall–Kier alpha value is -3.06. The SMILES string of the molecule is COc1ccc(-n2ccnc2SCc2nc3c(C)cccc3c(=O)[nH]2)cc1. The highest BCUT2D eigenvalue weighted by atomic mass is 32.2. The van der Waals surface area contributed by atoms with Crippen LogP contribution in [0, 0.1) is 6.92 Å². The number of benzene rings is 2. The van der Waals surface area contributed by atoms with Crippen molar-refractivity contribution >= 4 is 22.7 Å².